The number of carbonyl (C=O) groups is 5. The van der Waals surface area contributed by atoms with Gasteiger partial charge in [0.15, 0.2) is 0 Å². The van der Waals surface area contributed by atoms with Crippen molar-refractivity contribution < 1.29 is 33.4 Å². The lowest BCUT2D eigenvalue weighted by Gasteiger charge is -2.31. The van der Waals surface area contributed by atoms with Crippen LogP contribution in [0.3, 0.4) is 0 Å². The van der Waals surface area contributed by atoms with Gasteiger partial charge >= 0.3 is 12.1 Å². The zero-order valence-electron chi connectivity index (χ0n) is 18.6. The van der Waals surface area contributed by atoms with Gasteiger partial charge in [-0.2, -0.15) is 0 Å². The molecule has 0 radical (unpaired) electrons. The summed E-state index contributed by atoms with van der Waals surface area (Å²) in [5.41, 5.74) is -0.726. The number of likely N-dealkylation sites (tertiary alicyclic amines) is 1. The highest BCUT2D eigenvalue weighted by atomic mass is 16.6. The Kier molecular flexibility index (Phi) is 9.25. The Morgan fingerprint density at radius 3 is 2.37 bits per heavy atom. The molecule has 0 aromatic carbocycles. The normalized spacial score (nSPS) is 18.1. The largest absolute Gasteiger partial charge is 0.465 e. The zero-order valence-corrected chi connectivity index (χ0v) is 18.6. The number of amides is 4. The van der Waals surface area contributed by atoms with E-state index in [1.807, 2.05) is 13.8 Å². The molecule has 4 amide bonds. The van der Waals surface area contributed by atoms with E-state index in [0.29, 0.717) is 6.42 Å². The lowest BCUT2D eigenvalue weighted by Crippen LogP contribution is -2.58. The molecule has 170 valence electrons. The molecule has 30 heavy (non-hydrogen) atoms. The molecule has 0 bridgehead atoms. The molecule has 0 saturated carbocycles. The van der Waals surface area contributed by atoms with Crippen LogP contribution in [-0.4, -0.2) is 65.5 Å². The van der Waals surface area contributed by atoms with E-state index >= 15 is 0 Å². The van der Waals surface area contributed by atoms with Crippen molar-refractivity contribution in [1.82, 2.24) is 15.5 Å². The maximum Gasteiger partial charge on any atom is 0.408 e. The Morgan fingerprint density at radius 2 is 1.83 bits per heavy atom. The van der Waals surface area contributed by atoms with Gasteiger partial charge in [0, 0.05) is 6.42 Å². The fourth-order valence-electron chi connectivity index (χ4n) is 2.90. The third-order valence-corrected chi connectivity index (χ3v) is 4.14. The fourth-order valence-corrected chi connectivity index (χ4v) is 2.90. The van der Waals surface area contributed by atoms with Crippen molar-refractivity contribution >= 4 is 29.8 Å². The second-order valence-corrected chi connectivity index (χ2v) is 8.55. The number of piperidine rings is 1. The van der Waals surface area contributed by atoms with Gasteiger partial charge in [0.2, 0.25) is 11.8 Å². The number of nitrogens with one attached hydrogen (secondary N) is 2. The highest BCUT2D eigenvalue weighted by Crippen LogP contribution is 2.15. The van der Waals surface area contributed by atoms with Crippen molar-refractivity contribution in [3.8, 4) is 0 Å². The zero-order chi connectivity index (χ0) is 23.1. The first-order chi connectivity index (χ1) is 13.8. The van der Waals surface area contributed by atoms with Gasteiger partial charge in [0.1, 0.15) is 24.2 Å². The van der Waals surface area contributed by atoms with Crippen molar-refractivity contribution in [2.24, 2.45) is 5.92 Å². The molecule has 0 aliphatic carbocycles. The minimum Gasteiger partial charge on any atom is -0.465 e. The maximum atomic E-state index is 12.8. The van der Waals surface area contributed by atoms with E-state index in [2.05, 4.69) is 10.6 Å². The molecule has 1 fully saturated rings. The van der Waals surface area contributed by atoms with Gasteiger partial charge in [0.25, 0.3) is 5.91 Å². The number of esters is 1. The second-order valence-electron chi connectivity index (χ2n) is 8.55. The van der Waals surface area contributed by atoms with Crippen molar-refractivity contribution in [3.63, 3.8) is 0 Å². The Hall–Kier alpha value is -2.65. The van der Waals surface area contributed by atoms with Gasteiger partial charge in [-0.25, -0.2) is 4.79 Å². The molecule has 2 N–H and O–H groups in total. The number of rotatable bonds is 8. The number of hydrogen-bond acceptors (Lipinski definition) is 7. The minimum atomic E-state index is -0.972. The number of imide groups is 1. The predicted molar refractivity (Wildman–Crippen MR) is 107 cm³/mol. The molecule has 0 aromatic heterocycles. The third-order valence-electron chi connectivity index (χ3n) is 4.14. The molecule has 0 unspecified atom stereocenters. The van der Waals surface area contributed by atoms with Crippen molar-refractivity contribution in [2.75, 3.05) is 13.2 Å². The van der Waals surface area contributed by atoms with Crippen LogP contribution < -0.4 is 10.6 Å². The number of alkyl carbamates (subject to hydrolysis) is 1. The summed E-state index contributed by atoms with van der Waals surface area (Å²) in [7, 11) is 0. The van der Waals surface area contributed by atoms with Crippen LogP contribution in [0.15, 0.2) is 0 Å². The van der Waals surface area contributed by atoms with Gasteiger partial charge in [-0.3, -0.25) is 24.1 Å². The molecule has 10 nitrogen and oxygen atoms in total. The van der Waals surface area contributed by atoms with E-state index < -0.39 is 54.0 Å². The summed E-state index contributed by atoms with van der Waals surface area (Å²) in [5.74, 6) is -2.34. The summed E-state index contributed by atoms with van der Waals surface area (Å²) in [6.45, 7) is 10.2. The first-order valence-electron chi connectivity index (χ1n) is 10.1. The predicted octanol–water partition coefficient (Wildman–Crippen LogP) is 1.12. The summed E-state index contributed by atoms with van der Waals surface area (Å²) in [6, 6.07) is -1.89. The van der Waals surface area contributed by atoms with Gasteiger partial charge < -0.3 is 20.1 Å². The van der Waals surface area contributed by atoms with Crippen molar-refractivity contribution in [3.05, 3.63) is 0 Å². The molecule has 0 spiro atoms. The average Bonchev–Trinajstić information content (AvgIpc) is 2.58. The van der Waals surface area contributed by atoms with Crippen LogP contribution in [0.2, 0.25) is 0 Å². The third kappa shape index (κ3) is 8.38. The van der Waals surface area contributed by atoms with Gasteiger partial charge in [0.05, 0.1) is 6.61 Å². The molecule has 2 atom stereocenters. The van der Waals surface area contributed by atoms with Gasteiger partial charge in [-0.05, 0) is 46.5 Å². The fraction of sp³-hybridized carbons (Fsp3) is 0.750. The minimum absolute atomic E-state index is 0.00440. The van der Waals surface area contributed by atoms with Crippen molar-refractivity contribution in [1.29, 1.82) is 0 Å². The Bertz CT molecular complexity index is 670. The average molecular weight is 427 g/mol. The SMILES string of the molecule is CCOC(=O)CN1C(=O)CC[C@H](NC(=O)[C@H](CC(C)C)NC(=O)OC(C)(C)C)C1=O. The molecule has 1 aliphatic heterocycles. The van der Waals surface area contributed by atoms with Crippen LogP contribution in [0.1, 0.15) is 60.8 Å². The highest BCUT2D eigenvalue weighted by Gasteiger charge is 2.38. The lowest BCUT2D eigenvalue weighted by atomic mass is 10.0. The molecule has 1 aliphatic rings. The molecule has 1 saturated heterocycles. The Morgan fingerprint density at radius 1 is 1.20 bits per heavy atom. The quantitative estimate of drug-likeness (QED) is 0.438. The smallest absolute Gasteiger partial charge is 0.408 e. The van der Waals surface area contributed by atoms with Crippen LogP contribution >= 0.6 is 0 Å². The standard InChI is InChI=1S/C20H33N3O7/c1-7-29-16(25)11-23-15(24)9-8-13(18(23)27)21-17(26)14(10-12(2)3)22-19(28)30-20(4,5)6/h12-14H,7-11H2,1-6H3,(H,21,26)(H,22,28)/t13-,14-/m0/s1. The summed E-state index contributed by atoms with van der Waals surface area (Å²) >= 11 is 0. The monoisotopic (exact) mass is 427 g/mol. The van der Waals surface area contributed by atoms with Gasteiger partial charge in [-0.1, -0.05) is 13.8 Å². The molecular formula is C20H33N3O7. The maximum absolute atomic E-state index is 12.8. The summed E-state index contributed by atoms with van der Waals surface area (Å²) in [4.78, 5) is 62.0. The molecular weight excluding hydrogens is 394 g/mol. The first-order valence-corrected chi connectivity index (χ1v) is 10.1. The second kappa shape index (κ2) is 10.9. The lowest BCUT2D eigenvalue weighted by molar-refractivity contribution is -0.159. The summed E-state index contributed by atoms with van der Waals surface area (Å²) < 4.78 is 10.00. The number of hydrogen-bond donors (Lipinski definition) is 2. The van der Waals surface area contributed by atoms with Crippen LogP contribution in [-0.2, 0) is 28.7 Å². The number of carbonyl (C=O) groups excluding carboxylic acids is 5. The van der Waals surface area contributed by atoms with E-state index in [-0.39, 0.29) is 25.4 Å². The topological polar surface area (TPSA) is 131 Å². The summed E-state index contributed by atoms with van der Waals surface area (Å²) in [5, 5.41) is 5.13. The summed E-state index contributed by atoms with van der Waals surface area (Å²) in [6.07, 6.45) is -0.289. The van der Waals surface area contributed by atoms with E-state index in [1.165, 1.54) is 0 Å². The van der Waals surface area contributed by atoms with E-state index in [1.54, 1.807) is 27.7 Å². The first kappa shape index (κ1) is 25.4. The van der Waals surface area contributed by atoms with Crippen LogP contribution in [0, 0.1) is 5.92 Å². The van der Waals surface area contributed by atoms with Crippen molar-refractivity contribution in [2.45, 2.75) is 78.5 Å². The van der Waals surface area contributed by atoms with Crippen LogP contribution in [0.5, 0.6) is 0 Å². The Balaban J connectivity index is 2.83. The van der Waals surface area contributed by atoms with E-state index in [0.717, 1.165) is 4.90 Å². The van der Waals surface area contributed by atoms with Crippen LogP contribution in [0.25, 0.3) is 0 Å². The van der Waals surface area contributed by atoms with E-state index in [9.17, 15) is 24.0 Å². The van der Waals surface area contributed by atoms with Gasteiger partial charge in [-0.15, -0.1) is 0 Å². The van der Waals surface area contributed by atoms with E-state index in [4.69, 9.17) is 9.47 Å². The number of nitrogens with zero attached hydrogens (tertiary/aromatic N) is 1. The van der Waals surface area contributed by atoms with Crippen LogP contribution in [0.4, 0.5) is 4.79 Å². The molecule has 1 heterocycles. The molecule has 10 heteroatoms. The molecule has 1 rings (SSSR count). The number of ether oxygens (including phenoxy) is 2. The highest BCUT2D eigenvalue weighted by molar-refractivity contribution is 6.04. The molecule has 0 aromatic rings. The Labute approximate surface area is 177 Å².